The highest BCUT2D eigenvalue weighted by atomic mass is 32.2. The van der Waals surface area contributed by atoms with Gasteiger partial charge in [0, 0.05) is 6.92 Å². The van der Waals surface area contributed by atoms with E-state index in [1.54, 1.807) is 0 Å². The maximum absolute atomic E-state index is 10.7. The zero-order valence-corrected chi connectivity index (χ0v) is 8.45. The molecular weight excluding hydrogens is 192 g/mol. The van der Waals surface area contributed by atoms with Crippen LogP contribution in [-0.2, 0) is 9.53 Å². The Morgan fingerprint density at radius 2 is 2.08 bits per heavy atom. The van der Waals surface area contributed by atoms with Crippen molar-refractivity contribution in [3.63, 3.8) is 0 Å². The zero-order chi connectivity index (χ0) is 10.0. The summed E-state index contributed by atoms with van der Waals surface area (Å²) in [6, 6.07) is 0. The first-order valence-corrected chi connectivity index (χ1v) is 5.13. The van der Waals surface area contributed by atoms with Crippen LogP contribution in [-0.4, -0.2) is 39.1 Å². The summed E-state index contributed by atoms with van der Waals surface area (Å²) in [7, 11) is 0. The fourth-order valence-electron chi connectivity index (χ4n) is 1.31. The predicted octanol–water partition coefficient (Wildman–Crippen LogP) is 0.123. The molecule has 76 valence electrons. The van der Waals surface area contributed by atoms with Gasteiger partial charge < -0.3 is 14.9 Å². The van der Waals surface area contributed by atoms with Crippen LogP contribution in [0.2, 0.25) is 0 Å². The Labute approximate surface area is 81.3 Å². The number of ether oxygens (including phenoxy) is 1. The molecule has 0 saturated carbocycles. The molecule has 0 radical (unpaired) electrons. The third-order valence-electron chi connectivity index (χ3n) is 2.00. The molecule has 0 spiro atoms. The first kappa shape index (κ1) is 11.0. The summed E-state index contributed by atoms with van der Waals surface area (Å²) < 4.78 is 5.29. The van der Waals surface area contributed by atoms with Crippen LogP contribution < -0.4 is 0 Å². The fraction of sp³-hybridized carbons (Fsp3) is 0.875. The van der Waals surface area contributed by atoms with E-state index in [9.17, 15) is 15.0 Å². The minimum atomic E-state index is -0.959. The predicted molar refractivity (Wildman–Crippen MR) is 49.2 cm³/mol. The van der Waals surface area contributed by atoms with Crippen molar-refractivity contribution in [2.24, 2.45) is 0 Å². The number of aliphatic hydroxyl groups excluding tert-OH is 2. The van der Waals surface area contributed by atoms with Gasteiger partial charge in [0.15, 0.2) is 5.12 Å². The lowest BCUT2D eigenvalue weighted by molar-refractivity contribution is -0.109. The van der Waals surface area contributed by atoms with Gasteiger partial charge in [0.1, 0.15) is 17.6 Å². The Morgan fingerprint density at radius 1 is 1.46 bits per heavy atom. The molecule has 0 bridgehead atoms. The fourth-order valence-corrected chi connectivity index (χ4v) is 2.14. The van der Waals surface area contributed by atoms with Gasteiger partial charge >= 0.3 is 0 Å². The average Bonchev–Trinajstić information content (AvgIpc) is 2.32. The molecule has 0 unspecified atom stereocenters. The normalized spacial score (nSPS) is 39.4. The molecule has 1 rings (SSSR count). The van der Waals surface area contributed by atoms with E-state index in [0.717, 1.165) is 11.8 Å². The molecule has 1 fully saturated rings. The topological polar surface area (TPSA) is 66.8 Å². The molecule has 1 saturated heterocycles. The van der Waals surface area contributed by atoms with Crippen molar-refractivity contribution in [2.75, 3.05) is 0 Å². The van der Waals surface area contributed by atoms with E-state index < -0.39 is 17.6 Å². The summed E-state index contributed by atoms with van der Waals surface area (Å²) in [4.78, 5) is 10.7. The lowest BCUT2D eigenvalue weighted by Crippen LogP contribution is -2.31. The van der Waals surface area contributed by atoms with Crippen molar-refractivity contribution < 1.29 is 19.7 Å². The van der Waals surface area contributed by atoms with Gasteiger partial charge in [0.2, 0.25) is 0 Å². The Balaban J connectivity index is 2.55. The summed E-state index contributed by atoms with van der Waals surface area (Å²) in [5.41, 5.74) is -0.613. The Hall–Kier alpha value is -0.100. The average molecular weight is 206 g/mol. The molecule has 0 aromatic heterocycles. The Kier molecular flexibility index (Phi) is 3.73. The number of hydrogen-bond donors (Lipinski definition) is 2. The minimum absolute atomic E-state index is 0.118. The second kappa shape index (κ2) is 4.41. The lowest BCUT2D eigenvalue weighted by atomic mass is 10.1. The number of aliphatic hydroxyl groups is 2. The van der Waals surface area contributed by atoms with Crippen LogP contribution in [0.3, 0.4) is 0 Å². The largest absolute Gasteiger partial charge is 0.388 e. The SMILES string of the molecule is CC[C@H]1O[C@@H](SC(C)=O)[C@H](O)[C@@H]1O. The van der Waals surface area contributed by atoms with Crippen LogP contribution in [0.1, 0.15) is 20.3 Å². The molecular formula is C8H14O4S. The molecule has 0 aromatic carbocycles. The van der Waals surface area contributed by atoms with Crippen molar-refractivity contribution in [1.82, 2.24) is 0 Å². The van der Waals surface area contributed by atoms with Crippen molar-refractivity contribution in [2.45, 2.75) is 44.0 Å². The molecule has 4 nitrogen and oxygen atoms in total. The van der Waals surface area contributed by atoms with Gasteiger partial charge in [-0.15, -0.1) is 0 Å². The van der Waals surface area contributed by atoms with Gasteiger partial charge in [-0.3, -0.25) is 4.79 Å². The van der Waals surface area contributed by atoms with Gasteiger partial charge in [-0.25, -0.2) is 0 Å². The van der Waals surface area contributed by atoms with E-state index in [0.29, 0.717) is 6.42 Å². The summed E-state index contributed by atoms with van der Waals surface area (Å²) >= 11 is 0.922. The number of carbonyl (C=O) groups is 1. The van der Waals surface area contributed by atoms with Crippen LogP contribution in [0, 0.1) is 0 Å². The number of carbonyl (C=O) groups excluding carboxylic acids is 1. The van der Waals surface area contributed by atoms with Crippen LogP contribution in [0.4, 0.5) is 0 Å². The van der Waals surface area contributed by atoms with E-state index in [1.807, 2.05) is 6.92 Å². The molecule has 0 aromatic rings. The van der Waals surface area contributed by atoms with Crippen molar-refractivity contribution in [3.8, 4) is 0 Å². The maximum Gasteiger partial charge on any atom is 0.188 e. The molecule has 5 heteroatoms. The molecule has 13 heavy (non-hydrogen) atoms. The van der Waals surface area contributed by atoms with Crippen LogP contribution >= 0.6 is 11.8 Å². The van der Waals surface area contributed by atoms with Gasteiger partial charge in [0.25, 0.3) is 0 Å². The van der Waals surface area contributed by atoms with Crippen molar-refractivity contribution in [1.29, 1.82) is 0 Å². The van der Waals surface area contributed by atoms with E-state index >= 15 is 0 Å². The van der Waals surface area contributed by atoms with Gasteiger partial charge in [0.05, 0.1) is 6.10 Å². The molecule has 1 aliphatic rings. The number of hydrogen-bond acceptors (Lipinski definition) is 5. The monoisotopic (exact) mass is 206 g/mol. The first-order chi connectivity index (χ1) is 6.06. The van der Waals surface area contributed by atoms with E-state index in [-0.39, 0.29) is 11.2 Å². The summed E-state index contributed by atoms with van der Waals surface area (Å²) in [6.07, 6.45) is -1.56. The van der Waals surface area contributed by atoms with Crippen molar-refractivity contribution >= 4 is 16.9 Å². The van der Waals surface area contributed by atoms with Crippen molar-refractivity contribution in [3.05, 3.63) is 0 Å². The van der Waals surface area contributed by atoms with Gasteiger partial charge in [-0.05, 0) is 6.42 Å². The van der Waals surface area contributed by atoms with E-state index in [2.05, 4.69) is 0 Å². The second-order valence-corrected chi connectivity index (χ2v) is 4.32. The third kappa shape index (κ3) is 2.43. The first-order valence-electron chi connectivity index (χ1n) is 4.25. The van der Waals surface area contributed by atoms with E-state index in [1.165, 1.54) is 6.92 Å². The van der Waals surface area contributed by atoms with Gasteiger partial charge in [-0.2, -0.15) is 0 Å². The number of thioether (sulfide) groups is 1. The molecule has 0 amide bonds. The third-order valence-corrected chi connectivity index (χ3v) is 2.96. The molecule has 1 aliphatic heterocycles. The minimum Gasteiger partial charge on any atom is -0.388 e. The summed E-state index contributed by atoms with van der Waals surface area (Å²) in [5, 5.41) is 18.8. The Morgan fingerprint density at radius 3 is 2.46 bits per heavy atom. The maximum atomic E-state index is 10.7. The highest BCUT2D eigenvalue weighted by molar-refractivity contribution is 8.14. The zero-order valence-electron chi connectivity index (χ0n) is 7.64. The van der Waals surface area contributed by atoms with E-state index in [4.69, 9.17) is 4.74 Å². The molecule has 0 aliphatic carbocycles. The second-order valence-electron chi connectivity index (χ2n) is 3.04. The molecule has 2 N–H and O–H groups in total. The summed E-state index contributed by atoms with van der Waals surface area (Å²) in [5.74, 6) is 0. The standard InChI is InChI=1S/C8H14O4S/c1-3-5-6(10)7(11)8(12-5)13-4(2)9/h5-8,10-11H,3H2,1-2H3/t5-,6-,7-,8+/m1/s1. The summed E-state index contributed by atoms with van der Waals surface area (Å²) in [6.45, 7) is 3.27. The smallest absolute Gasteiger partial charge is 0.188 e. The van der Waals surface area contributed by atoms with Crippen LogP contribution in [0.15, 0.2) is 0 Å². The number of rotatable bonds is 2. The van der Waals surface area contributed by atoms with Crippen LogP contribution in [0.25, 0.3) is 0 Å². The highest BCUT2D eigenvalue weighted by Crippen LogP contribution is 2.30. The Bertz CT molecular complexity index is 197. The lowest BCUT2D eigenvalue weighted by Gasteiger charge is -2.11. The van der Waals surface area contributed by atoms with Crippen LogP contribution in [0.5, 0.6) is 0 Å². The quantitative estimate of drug-likeness (QED) is 0.672. The molecule has 4 atom stereocenters. The van der Waals surface area contributed by atoms with Gasteiger partial charge in [-0.1, -0.05) is 18.7 Å². The highest BCUT2D eigenvalue weighted by Gasteiger charge is 2.42. The molecule has 1 heterocycles.